The Balaban J connectivity index is 1.70. The van der Waals surface area contributed by atoms with Gasteiger partial charge in [-0.3, -0.25) is 4.79 Å². The number of nitrogens with zero attached hydrogens (tertiary/aromatic N) is 5. The third-order valence-electron chi connectivity index (χ3n) is 3.32. The number of fused-ring (bicyclic) bond motifs is 1. The highest BCUT2D eigenvalue weighted by Gasteiger charge is 2.29. The molecule has 0 aliphatic heterocycles. The van der Waals surface area contributed by atoms with E-state index >= 15 is 0 Å². The van der Waals surface area contributed by atoms with Crippen molar-refractivity contribution < 1.29 is 4.42 Å². The van der Waals surface area contributed by atoms with E-state index in [9.17, 15) is 4.79 Å². The molecule has 1 aliphatic carbocycles. The summed E-state index contributed by atoms with van der Waals surface area (Å²) in [5.74, 6) is 1.44. The van der Waals surface area contributed by atoms with Crippen LogP contribution in [0.4, 0.5) is 0 Å². The maximum absolute atomic E-state index is 12.3. The van der Waals surface area contributed by atoms with Crippen molar-refractivity contribution in [1.29, 1.82) is 0 Å². The Morgan fingerprint density at radius 3 is 2.90 bits per heavy atom. The van der Waals surface area contributed by atoms with Crippen LogP contribution in [0.25, 0.3) is 10.9 Å². The van der Waals surface area contributed by atoms with Gasteiger partial charge in [-0.05, 0) is 25.0 Å². The first-order valence-electron chi connectivity index (χ1n) is 6.46. The number of aromatic nitrogens is 5. The van der Waals surface area contributed by atoms with Gasteiger partial charge >= 0.3 is 0 Å². The minimum Gasteiger partial charge on any atom is -0.423 e. The second kappa shape index (κ2) is 4.22. The van der Waals surface area contributed by atoms with Gasteiger partial charge in [-0.25, -0.2) is 4.68 Å². The van der Waals surface area contributed by atoms with Gasteiger partial charge in [-0.2, -0.15) is 0 Å². The molecular weight excluding hydrogens is 258 g/mol. The monoisotopic (exact) mass is 269 g/mol. The number of hydrogen-bond acceptors (Lipinski definition) is 6. The molecule has 1 aliphatic rings. The molecule has 7 nitrogen and oxygen atoms in total. The Labute approximate surface area is 113 Å². The zero-order valence-electron chi connectivity index (χ0n) is 10.6. The van der Waals surface area contributed by atoms with Gasteiger partial charge in [0.25, 0.3) is 5.56 Å². The van der Waals surface area contributed by atoms with E-state index in [1.54, 1.807) is 18.2 Å². The van der Waals surface area contributed by atoms with Crippen molar-refractivity contribution in [3.63, 3.8) is 0 Å². The van der Waals surface area contributed by atoms with Gasteiger partial charge in [0.15, 0.2) is 0 Å². The Bertz CT molecular complexity index is 834. The predicted octanol–water partition coefficient (Wildman–Crippen LogP) is 1.10. The molecule has 20 heavy (non-hydrogen) atoms. The summed E-state index contributed by atoms with van der Waals surface area (Å²) in [5, 5.41) is 16.4. The summed E-state index contributed by atoms with van der Waals surface area (Å²) in [6.45, 7) is 0.149. The molecule has 0 spiro atoms. The molecule has 0 N–H and O–H groups in total. The first kappa shape index (κ1) is 11.3. The maximum Gasteiger partial charge on any atom is 0.278 e. The van der Waals surface area contributed by atoms with E-state index < -0.39 is 0 Å². The van der Waals surface area contributed by atoms with Crippen molar-refractivity contribution in [1.82, 2.24) is 25.2 Å². The van der Waals surface area contributed by atoms with Gasteiger partial charge in [-0.15, -0.1) is 15.3 Å². The average molecular weight is 269 g/mol. The lowest BCUT2D eigenvalue weighted by atomic mass is 10.2. The summed E-state index contributed by atoms with van der Waals surface area (Å²) in [7, 11) is 0. The van der Waals surface area contributed by atoms with Crippen LogP contribution in [-0.4, -0.2) is 25.2 Å². The van der Waals surface area contributed by atoms with E-state index in [0.29, 0.717) is 28.6 Å². The molecule has 2 aromatic heterocycles. The third-order valence-corrected chi connectivity index (χ3v) is 3.32. The van der Waals surface area contributed by atoms with Crippen LogP contribution in [0.5, 0.6) is 0 Å². The van der Waals surface area contributed by atoms with Crippen LogP contribution < -0.4 is 5.56 Å². The first-order chi connectivity index (χ1) is 9.81. The second-order valence-corrected chi connectivity index (χ2v) is 4.88. The van der Waals surface area contributed by atoms with Crippen molar-refractivity contribution in [3.8, 4) is 0 Å². The summed E-state index contributed by atoms with van der Waals surface area (Å²) in [6, 6.07) is 7.10. The fourth-order valence-corrected chi connectivity index (χ4v) is 2.08. The summed E-state index contributed by atoms with van der Waals surface area (Å²) < 4.78 is 6.77. The highest BCUT2D eigenvalue weighted by Crippen LogP contribution is 2.38. The molecule has 0 amide bonds. The Morgan fingerprint density at radius 2 is 2.05 bits per heavy atom. The van der Waals surface area contributed by atoms with Crippen LogP contribution in [0.15, 0.2) is 33.5 Å². The van der Waals surface area contributed by atoms with Crippen LogP contribution in [-0.2, 0) is 6.54 Å². The van der Waals surface area contributed by atoms with Crippen LogP contribution in [0.2, 0.25) is 0 Å². The minimum atomic E-state index is -0.207. The lowest BCUT2D eigenvalue weighted by Crippen LogP contribution is -2.24. The molecule has 0 atom stereocenters. The SMILES string of the molecule is O=c1c2ccccc2nnn1Cc1nnc(C2CC2)o1. The minimum absolute atomic E-state index is 0.149. The fourth-order valence-electron chi connectivity index (χ4n) is 2.08. The Kier molecular flexibility index (Phi) is 2.38. The van der Waals surface area contributed by atoms with E-state index in [4.69, 9.17) is 4.42 Å². The van der Waals surface area contributed by atoms with Gasteiger partial charge in [0.05, 0.1) is 5.39 Å². The van der Waals surface area contributed by atoms with E-state index in [-0.39, 0.29) is 12.1 Å². The first-order valence-corrected chi connectivity index (χ1v) is 6.46. The Hall–Kier alpha value is -2.57. The zero-order valence-corrected chi connectivity index (χ0v) is 10.6. The predicted molar refractivity (Wildman–Crippen MR) is 69.2 cm³/mol. The molecule has 0 radical (unpaired) electrons. The molecule has 0 bridgehead atoms. The van der Waals surface area contributed by atoms with Gasteiger partial charge in [0.1, 0.15) is 12.1 Å². The normalized spacial score (nSPS) is 14.8. The molecule has 100 valence electrons. The van der Waals surface area contributed by atoms with E-state index in [1.165, 1.54) is 4.68 Å². The van der Waals surface area contributed by atoms with E-state index in [2.05, 4.69) is 20.5 Å². The van der Waals surface area contributed by atoms with Crippen molar-refractivity contribution in [3.05, 3.63) is 46.4 Å². The molecule has 0 saturated heterocycles. The molecule has 4 rings (SSSR count). The average Bonchev–Trinajstić information content (AvgIpc) is 3.23. The standard InChI is InChI=1S/C13H11N5O2/c19-13-9-3-1-2-4-10(9)14-17-18(13)7-11-15-16-12(20-11)8-5-6-8/h1-4,8H,5-7H2. The third kappa shape index (κ3) is 1.87. The van der Waals surface area contributed by atoms with Gasteiger partial charge in [-0.1, -0.05) is 17.3 Å². The van der Waals surface area contributed by atoms with Crippen LogP contribution in [0.1, 0.15) is 30.5 Å². The summed E-state index contributed by atoms with van der Waals surface area (Å²) >= 11 is 0. The zero-order chi connectivity index (χ0) is 13.5. The topological polar surface area (TPSA) is 86.7 Å². The molecule has 1 aromatic carbocycles. The summed E-state index contributed by atoms with van der Waals surface area (Å²) in [6.07, 6.45) is 2.19. The van der Waals surface area contributed by atoms with Crippen LogP contribution in [0, 0.1) is 0 Å². The molecular formula is C13H11N5O2. The van der Waals surface area contributed by atoms with Gasteiger partial charge in [0.2, 0.25) is 11.8 Å². The largest absolute Gasteiger partial charge is 0.423 e. The van der Waals surface area contributed by atoms with Crippen molar-refractivity contribution in [2.45, 2.75) is 25.3 Å². The molecule has 3 aromatic rings. The summed E-state index contributed by atoms with van der Waals surface area (Å²) in [5.41, 5.74) is 0.375. The van der Waals surface area contributed by atoms with Gasteiger partial charge in [0, 0.05) is 5.92 Å². The van der Waals surface area contributed by atoms with Crippen molar-refractivity contribution in [2.75, 3.05) is 0 Å². The maximum atomic E-state index is 12.3. The molecule has 1 saturated carbocycles. The smallest absolute Gasteiger partial charge is 0.278 e. The quantitative estimate of drug-likeness (QED) is 0.707. The highest BCUT2D eigenvalue weighted by atomic mass is 16.4. The lowest BCUT2D eigenvalue weighted by Gasteiger charge is -2.01. The van der Waals surface area contributed by atoms with E-state index in [1.807, 2.05) is 6.07 Å². The van der Waals surface area contributed by atoms with Crippen LogP contribution >= 0.6 is 0 Å². The molecule has 0 unspecified atom stereocenters. The summed E-state index contributed by atoms with van der Waals surface area (Å²) in [4.78, 5) is 12.3. The lowest BCUT2D eigenvalue weighted by molar-refractivity contribution is 0.421. The Morgan fingerprint density at radius 1 is 1.20 bits per heavy atom. The number of rotatable bonds is 3. The highest BCUT2D eigenvalue weighted by molar-refractivity contribution is 5.76. The molecule has 1 fully saturated rings. The van der Waals surface area contributed by atoms with Crippen LogP contribution in [0.3, 0.4) is 0 Å². The van der Waals surface area contributed by atoms with Gasteiger partial charge < -0.3 is 4.42 Å². The second-order valence-electron chi connectivity index (χ2n) is 4.88. The van der Waals surface area contributed by atoms with Crippen molar-refractivity contribution >= 4 is 10.9 Å². The molecule has 7 heteroatoms. The molecule has 2 heterocycles. The number of hydrogen-bond donors (Lipinski definition) is 0. The number of benzene rings is 1. The van der Waals surface area contributed by atoms with E-state index in [0.717, 1.165) is 12.8 Å². The fraction of sp³-hybridized carbons (Fsp3) is 0.308. The van der Waals surface area contributed by atoms with Crippen molar-refractivity contribution in [2.24, 2.45) is 0 Å².